The van der Waals surface area contributed by atoms with Gasteiger partial charge in [-0.1, -0.05) is 25.0 Å². The molecule has 3 nitrogen and oxygen atoms in total. The molecule has 1 aromatic carbocycles. The number of nitrogens with zero attached hydrogens (tertiary/aromatic N) is 1. The van der Waals surface area contributed by atoms with Gasteiger partial charge in [-0.15, -0.1) is 0 Å². The first-order chi connectivity index (χ1) is 9.14. The van der Waals surface area contributed by atoms with Crippen LogP contribution in [0.25, 0.3) is 0 Å². The molecule has 0 unspecified atom stereocenters. The Hall–Kier alpha value is -1.42. The van der Waals surface area contributed by atoms with E-state index in [1.54, 1.807) is 18.2 Å². The number of carbonyl (C=O) groups excluding carboxylic acids is 1. The van der Waals surface area contributed by atoms with E-state index in [1.165, 1.54) is 11.0 Å². The number of para-hydroxylation sites is 1. The first kappa shape index (κ1) is 14.0. The van der Waals surface area contributed by atoms with E-state index in [2.05, 4.69) is 0 Å². The average Bonchev–Trinajstić information content (AvgIpc) is 2.91. The molecule has 0 aromatic heterocycles. The first-order valence-corrected chi connectivity index (χ1v) is 6.91. The molecule has 0 heterocycles. The van der Waals surface area contributed by atoms with Crippen molar-refractivity contribution in [1.82, 2.24) is 0 Å². The quantitative estimate of drug-likeness (QED) is 0.908. The second kappa shape index (κ2) is 5.70. The van der Waals surface area contributed by atoms with Crippen LogP contribution >= 0.6 is 0 Å². The van der Waals surface area contributed by atoms with E-state index in [4.69, 9.17) is 5.73 Å². The number of hydrogen-bond acceptors (Lipinski definition) is 2. The SMILES string of the molecule is CCN(C(=O)C1(CN)CCCC1)c1ccccc1F. The summed E-state index contributed by atoms with van der Waals surface area (Å²) >= 11 is 0. The summed E-state index contributed by atoms with van der Waals surface area (Å²) in [6, 6.07) is 6.41. The maximum absolute atomic E-state index is 13.9. The van der Waals surface area contributed by atoms with Gasteiger partial charge in [0, 0.05) is 13.1 Å². The molecule has 1 aromatic rings. The molecule has 0 atom stereocenters. The van der Waals surface area contributed by atoms with Gasteiger partial charge in [-0.2, -0.15) is 0 Å². The molecule has 1 saturated carbocycles. The lowest BCUT2D eigenvalue weighted by atomic mass is 9.84. The van der Waals surface area contributed by atoms with Crippen molar-refractivity contribution in [1.29, 1.82) is 0 Å². The Morgan fingerprint density at radius 3 is 2.53 bits per heavy atom. The zero-order valence-corrected chi connectivity index (χ0v) is 11.4. The fourth-order valence-corrected chi connectivity index (χ4v) is 2.94. The fraction of sp³-hybridized carbons (Fsp3) is 0.533. The molecule has 2 rings (SSSR count). The molecule has 0 bridgehead atoms. The second-order valence-electron chi connectivity index (χ2n) is 5.19. The zero-order valence-electron chi connectivity index (χ0n) is 11.4. The first-order valence-electron chi connectivity index (χ1n) is 6.91. The molecule has 1 aliphatic carbocycles. The van der Waals surface area contributed by atoms with Crippen molar-refractivity contribution in [3.63, 3.8) is 0 Å². The number of rotatable bonds is 4. The summed E-state index contributed by atoms with van der Waals surface area (Å²) in [6.45, 7) is 2.67. The maximum atomic E-state index is 13.9. The van der Waals surface area contributed by atoms with Gasteiger partial charge in [0.25, 0.3) is 0 Å². The second-order valence-corrected chi connectivity index (χ2v) is 5.19. The third-order valence-electron chi connectivity index (χ3n) is 4.11. The smallest absolute Gasteiger partial charge is 0.234 e. The molecule has 1 amide bonds. The highest BCUT2D eigenvalue weighted by Crippen LogP contribution is 2.40. The van der Waals surface area contributed by atoms with Crippen LogP contribution in [-0.2, 0) is 4.79 Å². The maximum Gasteiger partial charge on any atom is 0.234 e. The number of amides is 1. The Morgan fingerprint density at radius 1 is 1.37 bits per heavy atom. The molecule has 4 heteroatoms. The van der Waals surface area contributed by atoms with Gasteiger partial charge in [-0.05, 0) is 31.9 Å². The molecule has 0 spiro atoms. The van der Waals surface area contributed by atoms with Crippen molar-refractivity contribution in [3.8, 4) is 0 Å². The molecule has 104 valence electrons. The van der Waals surface area contributed by atoms with E-state index in [1.807, 2.05) is 6.92 Å². The van der Waals surface area contributed by atoms with Crippen molar-refractivity contribution in [2.45, 2.75) is 32.6 Å². The van der Waals surface area contributed by atoms with E-state index >= 15 is 0 Å². The number of benzene rings is 1. The molecule has 2 N–H and O–H groups in total. The van der Waals surface area contributed by atoms with Gasteiger partial charge < -0.3 is 10.6 Å². The van der Waals surface area contributed by atoms with Crippen LogP contribution in [0, 0.1) is 11.2 Å². The summed E-state index contributed by atoms with van der Waals surface area (Å²) in [4.78, 5) is 14.3. The van der Waals surface area contributed by atoms with Crippen LogP contribution in [0.3, 0.4) is 0 Å². The van der Waals surface area contributed by atoms with Crippen molar-refractivity contribution < 1.29 is 9.18 Å². The topological polar surface area (TPSA) is 46.3 Å². The molecular formula is C15H21FN2O. The van der Waals surface area contributed by atoms with Gasteiger partial charge in [-0.25, -0.2) is 4.39 Å². The Balaban J connectivity index is 2.32. The van der Waals surface area contributed by atoms with E-state index in [0.717, 1.165) is 25.7 Å². The van der Waals surface area contributed by atoms with Gasteiger partial charge in [0.05, 0.1) is 11.1 Å². The van der Waals surface area contributed by atoms with Crippen molar-refractivity contribution >= 4 is 11.6 Å². The standard InChI is InChI=1S/C15H21FN2O/c1-2-18(13-8-4-3-7-12(13)16)14(19)15(11-17)9-5-6-10-15/h3-4,7-8H,2,5-6,9-11,17H2,1H3. The van der Waals surface area contributed by atoms with Crippen LogP contribution in [-0.4, -0.2) is 19.0 Å². The molecular weight excluding hydrogens is 243 g/mol. The Labute approximate surface area is 113 Å². The van der Waals surface area contributed by atoms with Crippen molar-refractivity contribution in [3.05, 3.63) is 30.1 Å². The number of carbonyl (C=O) groups is 1. The minimum Gasteiger partial charge on any atom is -0.329 e. The number of halogens is 1. The van der Waals surface area contributed by atoms with Crippen LogP contribution < -0.4 is 10.6 Å². The molecule has 0 radical (unpaired) electrons. The Morgan fingerprint density at radius 2 is 2.00 bits per heavy atom. The predicted molar refractivity (Wildman–Crippen MR) is 74.4 cm³/mol. The zero-order chi connectivity index (χ0) is 13.9. The van der Waals surface area contributed by atoms with Gasteiger partial charge in [0.1, 0.15) is 5.82 Å². The van der Waals surface area contributed by atoms with E-state index < -0.39 is 5.41 Å². The lowest BCUT2D eigenvalue weighted by molar-refractivity contribution is -0.127. The van der Waals surface area contributed by atoms with E-state index in [-0.39, 0.29) is 11.7 Å². The minimum atomic E-state index is -0.488. The van der Waals surface area contributed by atoms with Crippen LogP contribution in [0.15, 0.2) is 24.3 Å². The average molecular weight is 264 g/mol. The third kappa shape index (κ3) is 2.50. The van der Waals surface area contributed by atoms with Gasteiger partial charge in [0.15, 0.2) is 0 Å². The molecule has 0 aliphatic heterocycles. The van der Waals surface area contributed by atoms with Crippen LogP contribution in [0.2, 0.25) is 0 Å². The van der Waals surface area contributed by atoms with Crippen molar-refractivity contribution in [2.75, 3.05) is 18.0 Å². The van der Waals surface area contributed by atoms with Gasteiger partial charge in [0.2, 0.25) is 5.91 Å². The normalized spacial score (nSPS) is 17.4. The largest absolute Gasteiger partial charge is 0.329 e. The van der Waals surface area contributed by atoms with Gasteiger partial charge in [-0.3, -0.25) is 4.79 Å². The fourth-order valence-electron chi connectivity index (χ4n) is 2.94. The summed E-state index contributed by atoms with van der Waals surface area (Å²) in [6.07, 6.45) is 3.68. The van der Waals surface area contributed by atoms with E-state index in [9.17, 15) is 9.18 Å². The van der Waals surface area contributed by atoms with Crippen LogP contribution in [0.1, 0.15) is 32.6 Å². The predicted octanol–water partition coefficient (Wildman–Crippen LogP) is 2.70. The van der Waals surface area contributed by atoms with E-state index in [0.29, 0.717) is 18.8 Å². The highest BCUT2D eigenvalue weighted by Gasteiger charge is 2.42. The number of nitrogens with two attached hydrogens (primary N) is 1. The Kier molecular flexibility index (Phi) is 4.20. The number of anilines is 1. The molecule has 0 saturated heterocycles. The number of hydrogen-bond donors (Lipinski definition) is 1. The highest BCUT2D eigenvalue weighted by molar-refractivity contribution is 5.98. The summed E-state index contributed by atoms with van der Waals surface area (Å²) in [5.74, 6) is -0.386. The van der Waals surface area contributed by atoms with Crippen molar-refractivity contribution in [2.24, 2.45) is 11.1 Å². The monoisotopic (exact) mass is 264 g/mol. The van der Waals surface area contributed by atoms with Crippen LogP contribution in [0.4, 0.5) is 10.1 Å². The summed E-state index contributed by atoms with van der Waals surface area (Å²) in [5.41, 5.74) is 5.71. The Bertz CT molecular complexity index is 455. The molecule has 1 fully saturated rings. The minimum absolute atomic E-state index is 0.0277. The third-order valence-corrected chi connectivity index (χ3v) is 4.11. The lowest BCUT2D eigenvalue weighted by Gasteiger charge is -2.33. The summed E-state index contributed by atoms with van der Waals surface area (Å²) in [7, 11) is 0. The molecule has 1 aliphatic rings. The van der Waals surface area contributed by atoms with Crippen LogP contribution in [0.5, 0.6) is 0 Å². The molecule has 19 heavy (non-hydrogen) atoms. The highest BCUT2D eigenvalue weighted by atomic mass is 19.1. The van der Waals surface area contributed by atoms with Gasteiger partial charge >= 0.3 is 0 Å². The summed E-state index contributed by atoms with van der Waals surface area (Å²) in [5, 5.41) is 0. The lowest BCUT2D eigenvalue weighted by Crippen LogP contribution is -2.47. The summed E-state index contributed by atoms with van der Waals surface area (Å²) < 4.78 is 13.9.